The monoisotopic (exact) mass is 450 g/mol. The van der Waals surface area contributed by atoms with Crippen molar-refractivity contribution < 1.29 is 18.8 Å². The largest absolute Gasteiger partial charge is 0.478 e. The van der Waals surface area contributed by atoms with Crippen molar-refractivity contribution in [2.45, 2.75) is 6.92 Å². The molecule has 166 valence electrons. The molecule has 0 saturated heterocycles. The molecule has 0 atom stereocenters. The number of halogens is 1. The van der Waals surface area contributed by atoms with Crippen LogP contribution in [0.15, 0.2) is 95.5 Å². The molecule has 0 aliphatic heterocycles. The molecule has 0 saturated carbocycles. The van der Waals surface area contributed by atoms with E-state index in [1.54, 1.807) is 0 Å². The second-order valence-electron chi connectivity index (χ2n) is 7.86. The van der Waals surface area contributed by atoms with Crippen LogP contribution in [-0.4, -0.2) is 21.2 Å². The molecule has 0 unspecified atom stereocenters. The van der Waals surface area contributed by atoms with Gasteiger partial charge < -0.3 is 9.63 Å². The lowest BCUT2D eigenvalue weighted by molar-refractivity contribution is 0.0692. The highest BCUT2D eigenvalue weighted by atomic mass is 19.1. The van der Waals surface area contributed by atoms with Crippen molar-refractivity contribution in [2.75, 3.05) is 0 Å². The highest BCUT2D eigenvalue weighted by Crippen LogP contribution is 2.35. The van der Waals surface area contributed by atoms with Crippen LogP contribution in [0, 0.1) is 12.7 Å². The minimum atomic E-state index is -1.33. The predicted molar refractivity (Wildman–Crippen MR) is 128 cm³/mol. The van der Waals surface area contributed by atoms with Gasteiger partial charge in [0.05, 0.1) is 5.56 Å². The van der Waals surface area contributed by atoms with Gasteiger partial charge in [0.2, 0.25) is 5.82 Å². The second-order valence-corrected chi connectivity index (χ2v) is 7.86. The molecule has 0 aliphatic rings. The first-order chi connectivity index (χ1) is 16.5. The van der Waals surface area contributed by atoms with Gasteiger partial charge in [-0.3, -0.25) is 0 Å². The number of nitrogens with zero attached hydrogens (tertiary/aromatic N) is 2. The van der Waals surface area contributed by atoms with E-state index >= 15 is 0 Å². The molecule has 5 nitrogen and oxygen atoms in total. The van der Waals surface area contributed by atoms with E-state index in [0.717, 1.165) is 39.4 Å². The van der Waals surface area contributed by atoms with E-state index in [0.29, 0.717) is 11.5 Å². The summed E-state index contributed by atoms with van der Waals surface area (Å²) in [5, 5.41) is 12.9. The average Bonchev–Trinajstić information content (AvgIpc) is 3.35. The smallest absolute Gasteiger partial charge is 0.338 e. The van der Waals surface area contributed by atoms with Crippen molar-refractivity contribution in [3.63, 3.8) is 0 Å². The van der Waals surface area contributed by atoms with Crippen molar-refractivity contribution in [1.29, 1.82) is 0 Å². The molecule has 34 heavy (non-hydrogen) atoms. The first-order valence-electron chi connectivity index (χ1n) is 10.6. The summed E-state index contributed by atoms with van der Waals surface area (Å²) >= 11 is 0. The van der Waals surface area contributed by atoms with Crippen LogP contribution in [0.25, 0.3) is 45.1 Å². The maximum absolute atomic E-state index is 14.1. The molecular formula is C28H19FN2O3. The SMILES string of the molecule is Cc1cc(-c2nc(-c3ccc(C(=O)O)c(F)c3)no2)ccc1-c1ccccc1-c1ccccc1. The van der Waals surface area contributed by atoms with Gasteiger partial charge in [-0.05, 0) is 65.1 Å². The molecule has 4 aromatic carbocycles. The van der Waals surface area contributed by atoms with Gasteiger partial charge in [-0.2, -0.15) is 4.98 Å². The number of aryl methyl sites for hydroxylation is 1. The van der Waals surface area contributed by atoms with Crippen LogP contribution in [-0.2, 0) is 0 Å². The summed E-state index contributed by atoms with van der Waals surface area (Å²) in [5.41, 5.74) is 6.21. The van der Waals surface area contributed by atoms with Crippen molar-refractivity contribution in [2.24, 2.45) is 0 Å². The summed E-state index contributed by atoms with van der Waals surface area (Å²) in [6.45, 7) is 2.03. The van der Waals surface area contributed by atoms with Crippen molar-refractivity contribution in [3.05, 3.63) is 108 Å². The quantitative estimate of drug-likeness (QED) is 0.316. The van der Waals surface area contributed by atoms with Gasteiger partial charge in [-0.1, -0.05) is 65.8 Å². The lowest BCUT2D eigenvalue weighted by Crippen LogP contribution is -2.00. The first kappa shape index (κ1) is 21.3. The molecule has 1 N–H and O–H groups in total. The molecule has 1 aromatic heterocycles. The van der Waals surface area contributed by atoms with Crippen LogP contribution in [0.3, 0.4) is 0 Å². The minimum Gasteiger partial charge on any atom is -0.478 e. The average molecular weight is 450 g/mol. The Morgan fingerprint density at radius 2 is 1.50 bits per heavy atom. The van der Waals surface area contributed by atoms with Gasteiger partial charge in [-0.25, -0.2) is 9.18 Å². The number of carboxylic acids is 1. The van der Waals surface area contributed by atoms with Crippen LogP contribution >= 0.6 is 0 Å². The van der Waals surface area contributed by atoms with Crippen LogP contribution in [0.5, 0.6) is 0 Å². The molecule has 0 fully saturated rings. The van der Waals surface area contributed by atoms with Crippen LogP contribution < -0.4 is 0 Å². The molecule has 0 radical (unpaired) electrons. The molecule has 0 spiro atoms. The third-order valence-electron chi connectivity index (χ3n) is 5.66. The third kappa shape index (κ3) is 3.97. The van der Waals surface area contributed by atoms with Crippen molar-refractivity contribution in [3.8, 4) is 45.1 Å². The topological polar surface area (TPSA) is 76.2 Å². The Kier molecular flexibility index (Phi) is 5.47. The van der Waals surface area contributed by atoms with Crippen LogP contribution in [0.1, 0.15) is 15.9 Å². The first-order valence-corrected chi connectivity index (χ1v) is 10.6. The third-order valence-corrected chi connectivity index (χ3v) is 5.66. The highest BCUT2D eigenvalue weighted by molar-refractivity contribution is 5.88. The number of aromatic nitrogens is 2. The zero-order valence-corrected chi connectivity index (χ0v) is 18.2. The molecule has 5 rings (SSSR count). The van der Waals surface area contributed by atoms with E-state index in [1.165, 1.54) is 12.1 Å². The number of hydrogen-bond donors (Lipinski definition) is 1. The molecule has 0 amide bonds. The zero-order chi connectivity index (χ0) is 23.7. The lowest BCUT2D eigenvalue weighted by atomic mass is 9.91. The van der Waals surface area contributed by atoms with Gasteiger partial charge in [0.25, 0.3) is 5.89 Å². The van der Waals surface area contributed by atoms with Crippen LogP contribution in [0.2, 0.25) is 0 Å². The van der Waals surface area contributed by atoms with Gasteiger partial charge in [0.15, 0.2) is 0 Å². The number of carbonyl (C=O) groups is 1. The highest BCUT2D eigenvalue weighted by Gasteiger charge is 2.16. The summed E-state index contributed by atoms with van der Waals surface area (Å²) in [6.07, 6.45) is 0. The fourth-order valence-electron chi connectivity index (χ4n) is 3.97. The Morgan fingerprint density at radius 3 is 2.21 bits per heavy atom. The molecule has 0 bridgehead atoms. The van der Waals surface area contributed by atoms with E-state index in [4.69, 9.17) is 9.63 Å². The number of aromatic carboxylic acids is 1. The van der Waals surface area contributed by atoms with Gasteiger partial charge in [-0.15, -0.1) is 0 Å². The summed E-state index contributed by atoms with van der Waals surface area (Å²) in [4.78, 5) is 15.4. The minimum absolute atomic E-state index is 0.182. The molecule has 0 aliphatic carbocycles. The Bertz CT molecular complexity index is 1510. The fraction of sp³-hybridized carbons (Fsp3) is 0.0357. The molecule has 1 heterocycles. The zero-order valence-electron chi connectivity index (χ0n) is 18.2. The summed E-state index contributed by atoms with van der Waals surface area (Å²) in [7, 11) is 0. The maximum Gasteiger partial charge on any atom is 0.338 e. The fourth-order valence-corrected chi connectivity index (χ4v) is 3.97. The van der Waals surface area contributed by atoms with Crippen LogP contribution in [0.4, 0.5) is 4.39 Å². The summed E-state index contributed by atoms with van der Waals surface area (Å²) in [6, 6.07) is 28.1. The normalized spacial score (nSPS) is 10.9. The Morgan fingerprint density at radius 1 is 0.794 bits per heavy atom. The van der Waals surface area contributed by atoms with Crippen molar-refractivity contribution >= 4 is 5.97 Å². The van der Waals surface area contributed by atoms with E-state index in [-0.39, 0.29) is 5.82 Å². The summed E-state index contributed by atoms with van der Waals surface area (Å²) in [5.74, 6) is -1.71. The standard InChI is InChI=1S/C28H19FN2O3/c1-17-15-20(27-30-26(31-34-27)19-11-14-24(28(32)33)25(29)16-19)12-13-21(17)23-10-6-5-9-22(23)18-7-3-2-4-8-18/h2-16H,1H3,(H,32,33). The number of benzene rings is 4. The maximum atomic E-state index is 14.1. The molecule has 5 aromatic rings. The van der Waals surface area contributed by atoms with E-state index in [2.05, 4.69) is 34.4 Å². The second kappa shape index (κ2) is 8.75. The van der Waals surface area contributed by atoms with E-state index < -0.39 is 17.3 Å². The number of carboxylic acid groups (broad SMARTS) is 1. The van der Waals surface area contributed by atoms with Gasteiger partial charge >= 0.3 is 5.97 Å². The predicted octanol–water partition coefficient (Wildman–Crippen LogP) is 6.88. The van der Waals surface area contributed by atoms with E-state index in [1.807, 2.05) is 55.5 Å². The Labute approximate surface area is 195 Å². The number of rotatable bonds is 5. The summed E-state index contributed by atoms with van der Waals surface area (Å²) < 4.78 is 19.5. The van der Waals surface area contributed by atoms with Crippen molar-refractivity contribution in [1.82, 2.24) is 10.1 Å². The lowest BCUT2D eigenvalue weighted by Gasteiger charge is -2.13. The van der Waals surface area contributed by atoms with Gasteiger partial charge in [0.1, 0.15) is 5.82 Å². The molecular weight excluding hydrogens is 431 g/mol. The Hall–Kier alpha value is -4.58. The van der Waals surface area contributed by atoms with Gasteiger partial charge in [0, 0.05) is 11.1 Å². The van der Waals surface area contributed by atoms with E-state index in [9.17, 15) is 9.18 Å². The Balaban J connectivity index is 1.48. The molecule has 6 heteroatoms. The number of hydrogen-bond acceptors (Lipinski definition) is 4.